The zero-order valence-electron chi connectivity index (χ0n) is 10.7. The molecule has 0 spiro atoms. The first-order valence-electron chi connectivity index (χ1n) is 5.48. The summed E-state index contributed by atoms with van der Waals surface area (Å²) in [7, 11) is 0. The van der Waals surface area contributed by atoms with Crippen molar-refractivity contribution in [1.29, 1.82) is 0 Å². The van der Waals surface area contributed by atoms with E-state index in [0.717, 1.165) is 0 Å². The van der Waals surface area contributed by atoms with E-state index in [1.54, 1.807) is 6.92 Å². The van der Waals surface area contributed by atoms with Crippen molar-refractivity contribution in [3.05, 3.63) is 0 Å². The van der Waals surface area contributed by atoms with Crippen LogP contribution in [0.3, 0.4) is 0 Å². The fourth-order valence-electron chi connectivity index (χ4n) is 1.72. The predicted molar refractivity (Wildman–Crippen MR) is 57.2 cm³/mol. The Morgan fingerprint density at radius 1 is 0.833 bits per heavy atom. The lowest BCUT2D eigenvalue weighted by atomic mass is 10.1. The van der Waals surface area contributed by atoms with E-state index in [1.165, 1.54) is 20.8 Å². The molecule has 0 radical (unpaired) electrons. The Kier molecular flexibility index (Phi) is 4.66. The van der Waals surface area contributed by atoms with Crippen molar-refractivity contribution in [2.45, 2.75) is 52.3 Å². The van der Waals surface area contributed by atoms with E-state index in [-0.39, 0.29) is 0 Å². The van der Waals surface area contributed by atoms with E-state index in [1.807, 2.05) is 0 Å². The molecule has 0 N–H and O–H groups in total. The molecule has 0 bridgehead atoms. The molecule has 0 aliphatic carbocycles. The van der Waals surface area contributed by atoms with Crippen molar-refractivity contribution in [2.24, 2.45) is 0 Å². The van der Waals surface area contributed by atoms with Gasteiger partial charge in [-0.2, -0.15) is 0 Å². The Morgan fingerprint density at radius 3 is 1.72 bits per heavy atom. The van der Waals surface area contributed by atoms with Crippen LogP contribution in [0.4, 0.5) is 0 Å². The van der Waals surface area contributed by atoms with Crippen LogP contribution in [0.25, 0.3) is 0 Å². The maximum atomic E-state index is 11.0. The smallest absolute Gasteiger partial charge is 0.305 e. The summed E-state index contributed by atoms with van der Waals surface area (Å²) >= 11 is 0. The van der Waals surface area contributed by atoms with Gasteiger partial charge in [0.15, 0.2) is 6.10 Å². The van der Waals surface area contributed by atoms with E-state index < -0.39 is 42.5 Å². The standard InChI is InChI=1S/C11H16O7/c1-5-9(16-6(2)12)10(17-7(3)13)11(15-5)18-8(4)14/h5,9-11H,1-4H3/t5?,9-,10?,11?/m0/s1. The van der Waals surface area contributed by atoms with Crippen LogP contribution in [-0.4, -0.2) is 42.5 Å². The van der Waals surface area contributed by atoms with Crippen LogP contribution in [0.1, 0.15) is 27.7 Å². The molecule has 0 saturated carbocycles. The van der Waals surface area contributed by atoms with Gasteiger partial charge < -0.3 is 18.9 Å². The maximum absolute atomic E-state index is 11.0. The van der Waals surface area contributed by atoms with Crippen molar-refractivity contribution in [3.63, 3.8) is 0 Å². The van der Waals surface area contributed by atoms with Crippen molar-refractivity contribution in [3.8, 4) is 0 Å². The molecule has 7 nitrogen and oxygen atoms in total. The third-order valence-electron chi connectivity index (χ3n) is 2.29. The summed E-state index contributed by atoms with van der Waals surface area (Å²) in [5.74, 6) is -1.68. The molecule has 1 saturated heterocycles. The molecule has 1 fully saturated rings. The summed E-state index contributed by atoms with van der Waals surface area (Å²) in [5, 5.41) is 0. The highest BCUT2D eigenvalue weighted by molar-refractivity contribution is 5.68. The highest BCUT2D eigenvalue weighted by atomic mass is 16.7. The number of esters is 3. The fourth-order valence-corrected chi connectivity index (χ4v) is 1.72. The Morgan fingerprint density at radius 2 is 1.28 bits per heavy atom. The molecule has 1 rings (SSSR count). The minimum atomic E-state index is -1.06. The first-order valence-corrected chi connectivity index (χ1v) is 5.48. The molecular formula is C11H16O7. The first-order chi connectivity index (χ1) is 8.31. The van der Waals surface area contributed by atoms with Crippen LogP contribution in [0.2, 0.25) is 0 Å². The molecule has 102 valence electrons. The quantitative estimate of drug-likeness (QED) is 0.527. The third-order valence-corrected chi connectivity index (χ3v) is 2.29. The number of rotatable bonds is 3. The van der Waals surface area contributed by atoms with Gasteiger partial charge in [0.25, 0.3) is 0 Å². The van der Waals surface area contributed by atoms with Crippen molar-refractivity contribution in [2.75, 3.05) is 0 Å². The van der Waals surface area contributed by atoms with Gasteiger partial charge in [0.2, 0.25) is 12.4 Å². The number of hydrogen-bond donors (Lipinski definition) is 0. The van der Waals surface area contributed by atoms with Crippen LogP contribution >= 0.6 is 0 Å². The van der Waals surface area contributed by atoms with E-state index in [0.29, 0.717) is 0 Å². The number of carbonyl (C=O) groups excluding carboxylic acids is 3. The maximum Gasteiger partial charge on any atom is 0.305 e. The Hall–Kier alpha value is -1.63. The van der Waals surface area contributed by atoms with Gasteiger partial charge in [-0.05, 0) is 6.92 Å². The molecule has 18 heavy (non-hydrogen) atoms. The fraction of sp³-hybridized carbons (Fsp3) is 0.727. The molecule has 0 amide bonds. The van der Waals surface area contributed by atoms with Crippen LogP contribution in [0.15, 0.2) is 0 Å². The molecule has 1 heterocycles. The molecule has 0 aromatic heterocycles. The summed E-state index contributed by atoms with van der Waals surface area (Å²) in [6.07, 6.45) is -3.35. The molecule has 4 atom stereocenters. The highest BCUT2D eigenvalue weighted by Gasteiger charge is 2.49. The Balaban J connectivity index is 2.83. The lowest BCUT2D eigenvalue weighted by molar-refractivity contribution is -0.194. The Labute approximate surface area is 104 Å². The zero-order valence-corrected chi connectivity index (χ0v) is 10.7. The Bertz CT molecular complexity index is 351. The average Bonchev–Trinajstić information content (AvgIpc) is 2.43. The number of carbonyl (C=O) groups is 3. The minimum Gasteiger partial charge on any atom is -0.456 e. The number of hydrogen-bond acceptors (Lipinski definition) is 7. The van der Waals surface area contributed by atoms with Gasteiger partial charge in [0.1, 0.15) is 0 Å². The molecule has 1 aliphatic rings. The van der Waals surface area contributed by atoms with Crippen LogP contribution in [0, 0.1) is 0 Å². The summed E-state index contributed by atoms with van der Waals surface area (Å²) < 4.78 is 20.2. The predicted octanol–water partition coefficient (Wildman–Crippen LogP) is 0.158. The largest absolute Gasteiger partial charge is 0.456 e. The van der Waals surface area contributed by atoms with E-state index >= 15 is 0 Å². The summed E-state index contributed by atoms with van der Waals surface area (Å²) in [6.45, 7) is 5.28. The average molecular weight is 260 g/mol. The summed E-state index contributed by atoms with van der Waals surface area (Å²) in [6, 6.07) is 0. The van der Waals surface area contributed by atoms with Gasteiger partial charge in [-0.1, -0.05) is 0 Å². The summed E-state index contributed by atoms with van der Waals surface area (Å²) in [5.41, 5.74) is 0. The second-order valence-electron chi connectivity index (χ2n) is 3.97. The van der Waals surface area contributed by atoms with E-state index in [2.05, 4.69) is 0 Å². The van der Waals surface area contributed by atoms with Gasteiger partial charge in [-0.15, -0.1) is 0 Å². The van der Waals surface area contributed by atoms with Gasteiger partial charge in [0.05, 0.1) is 6.10 Å². The molecule has 0 aromatic carbocycles. The molecule has 1 aliphatic heterocycles. The molecule has 7 heteroatoms. The lowest BCUT2D eigenvalue weighted by Crippen LogP contribution is -2.40. The second-order valence-corrected chi connectivity index (χ2v) is 3.97. The van der Waals surface area contributed by atoms with Crippen LogP contribution in [0.5, 0.6) is 0 Å². The molecular weight excluding hydrogens is 244 g/mol. The SMILES string of the molecule is CC(=O)OC1OC(C)[C@H](OC(C)=O)C1OC(C)=O. The first kappa shape index (κ1) is 14.4. The summed E-state index contributed by atoms with van der Waals surface area (Å²) in [4.78, 5) is 32.9. The zero-order chi connectivity index (χ0) is 13.9. The van der Waals surface area contributed by atoms with Crippen LogP contribution in [-0.2, 0) is 33.3 Å². The minimum absolute atomic E-state index is 0.531. The normalized spacial score (nSPS) is 30.7. The van der Waals surface area contributed by atoms with Gasteiger partial charge in [-0.25, -0.2) is 0 Å². The highest BCUT2D eigenvalue weighted by Crippen LogP contribution is 2.27. The topological polar surface area (TPSA) is 88.1 Å². The van der Waals surface area contributed by atoms with E-state index in [9.17, 15) is 14.4 Å². The monoisotopic (exact) mass is 260 g/mol. The van der Waals surface area contributed by atoms with Gasteiger partial charge in [-0.3, -0.25) is 14.4 Å². The van der Waals surface area contributed by atoms with E-state index in [4.69, 9.17) is 18.9 Å². The van der Waals surface area contributed by atoms with Crippen LogP contribution < -0.4 is 0 Å². The van der Waals surface area contributed by atoms with Gasteiger partial charge >= 0.3 is 17.9 Å². The third kappa shape index (κ3) is 3.69. The molecule has 0 aromatic rings. The van der Waals surface area contributed by atoms with Crippen molar-refractivity contribution in [1.82, 2.24) is 0 Å². The van der Waals surface area contributed by atoms with Crippen molar-refractivity contribution < 1.29 is 33.3 Å². The van der Waals surface area contributed by atoms with Gasteiger partial charge in [0, 0.05) is 20.8 Å². The van der Waals surface area contributed by atoms with Crippen molar-refractivity contribution >= 4 is 17.9 Å². The second kappa shape index (κ2) is 5.81. The molecule has 3 unspecified atom stereocenters. The number of ether oxygens (including phenoxy) is 4. The lowest BCUT2D eigenvalue weighted by Gasteiger charge is -2.22.